The van der Waals surface area contributed by atoms with Crippen LogP contribution in [0.5, 0.6) is 0 Å². The Morgan fingerprint density at radius 1 is 0.288 bits per heavy atom. The Bertz CT molecular complexity index is 2100. The third-order valence-electron chi connectivity index (χ3n) is 15.1. The Balaban J connectivity index is 0.000000493. The molecular weight excluding hydrogens is 969 g/mol. The molecule has 0 heterocycles. The second kappa shape index (κ2) is 41.6. The van der Waals surface area contributed by atoms with Gasteiger partial charge in [-0.05, 0) is 96.5 Å². The van der Waals surface area contributed by atoms with Gasteiger partial charge in [0, 0.05) is 10.8 Å². The zero-order valence-corrected chi connectivity index (χ0v) is 50.9. The van der Waals surface area contributed by atoms with Crippen LogP contribution in [-0.4, -0.2) is 63.7 Å². The Morgan fingerprint density at radius 2 is 0.507 bits per heavy atom. The van der Waals surface area contributed by atoms with Gasteiger partial charge in [-0.25, -0.2) is 16.8 Å². The minimum Gasteiger partial charge on any atom is -0.744 e. The van der Waals surface area contributed by atoms with Gasteiger partial charge in [0.2, 0.25) is 0 Å². The first-order valence-electron chi connectivity index (χ1n) is 30.0. The predicted molar refractivity (Wildman–Crippen MR) is 313 cm³/mol. The first-order valence-corrected chi connectivity index (χ1v) is 32.8. The van der Waals surface area contributed by atoms with Crippen LogP contribution in [0.2, 0.25) is 0 Å². The maximum absolute atomic E-state index is 12.1. The molecule has 0 spiro atoms. The third kappa shape index (κ3) is 28.1. The first-order chi connectivity index (χ1) is 35.0. The molecule has 4 rings (SSSR count). The van der Waals surface area contributed by atoms with Crippen LogP contribution < -0.4 is 0 Å². The summed E-state index contributed by atoms with van der Waals surface area (Å²) < 4.78 is 72.6. The molecule has 0 saturated carbocycles. The molecule has 0 aliphatic carbocycles. The Morgan fingerprint density at radius 3 is 0.740 bits per heavy atom. The molecule has 0 unspecified atom stereocenters. The summed E-state index contributed by atoms with van der Waals surface area (Å²) in [6, 6.07) is 19.0. The standard InChI is InChI=1S/2C32H52O3S.Ca/c2*1-3-5-7-9-11-13-15-17-19-22-28-26-27-31(36(33,34)35)32-29(24-21-25-30(28)32)23-20-18-16-14-12-10-8-6-4-2;/h2*21,24-27H,3-20,22-23H2,1-2H3,(H,33,34,35);/q;;+2/p-2. The summed E-state index contributed by atoms with van der Waals surface area (Å²) in [5.74, 6) is 0. The maximum atomic E-state index is 12.1. The average Bonchev–Trinajstić information content (AvgIpc) is 3.36. The van der Waals surface area contributed by atoms with Crippen LogP contribution in [0.3, 0.4) is 0 Å². The minimum atomic E-state index is -4.51. The smallest absolute Gasteiger partial charge is 0.744 e. The van der Waals surface area contributed by atoms with E-state index in [2.05, 4.69) is 27.7 Å². The largest absolute Gasteiger partial charge is 2.00 e. The zero-order valence-electron chi connectivity index (χ0n) is 47.0. The van der Waals surface area contributed by atoms with Crippen LogP contribution in [0.4, 0.5) is 0 Å². The zero-order chi connectivity index (χ0) is 52.1. The molecule has 0 fully saturated rings. The fraction of sp³-hybridized carbons (Fsp3) is 0.688. The Hall–Kier alpha value is -1.52. The van der Waals surface area contributed by atoms with Crippen molar-refractivity contribution < 1.29 is 25.9 Å². The second-order valence-electron chi connectivity index (χ2n) is 21.3. The van der Waals surface area contributed by atoms with E-state index in [0.29, 0.717) is 10.8 Å². The summed E-state index contributed by atoms with van der Waals surface area (Å²) >= 11 is 0. The molecule has 4 aromatic carbocycles. The van der Waals surface area contributed by atoms with Gasteiger partial charge in [0.1, 0.15) is 20.2 Å². The van der Waals surface area contributed by atoms with Gasteiger partial charge in [0.05, 0.1) is 9.79 Å². The molecule has 73 heavy (non-hydrogen) atoms. The molecule has 0 aliphatic rings. The monoisotopic (exact) mass is 1070 g/mol. The molecule has 4 aromatic rings. The molecule has 6 nitrogen and oxygen atoms in total. The van der Waals surface area contributed by atoms with E-state index in [4.69, 9.17) is 0 Å². The van der Waals surface area contributed by atoms with E-state index in [9.17, 15) is 25.9 Å². The van der Waals surface area contributed by atoms with Crippen molar-refractivity contribution in [1.82, 2.24) is 0 Å². The summed E-state index contributed by atoms with van der Waals surface area (Å²) in [6.07, 6.45) is 49.3. The predicted octanol–water partition coefficient (Wildman–Crippen LogP) is 19.4. The average molecular weight is 1070 g/mol. The summed E-state index contributed by atoms with van der Waals surface area (Å²) in [7, 11) is -9.02. The van der Waals surface area contributed by atoms with E-state index < -0.39 is 20.2 Å². The van der Waals surface area contributed by atoms with Gasteiger partial charge in [0.15, 0.2) is 0 Å². The van der Waals surface area contributed by atoms with Crippen molar-refractivity contribution in [3.8, 4) is 0 Å². The van der Waals surface area contributed by atoms with Crippen molar-refractivity contribution in [2.24, 2.45) is 0 Å². The van der Waals surface area contributed by atoms with Gasteiger partial charge in [-0.15, -0.1) is 0 Å². The van der Waals surface area contributed by atoms with Crippen LogP contribution in [0, 0.1) is 0 Å². The molecule has 0 aliphatic heterocycles. The molecule has 0 N–H and O–H groups in total. The summed E-state index contributed by atoms with van der Waals surface area (Å²) in [5, 5.41) is 3.28. The normalized spacial score (nSPS) is 11.8. The number of unbranched alkanes of at least 4 members (excludes halogenated alkanes) is 32. The molecule has 0 amide bonds. The fourth-order valence-corrected chi connectivity index (χ4v) is 12.2. The van der Waals surface area contributed by atoms with Crippen LogP contribution in [-0.2, 0) is 45.9 Å². The number of rotatable bonds is 42. The Kier molecular flexibility index (Phi) is 38.5. The van der Waals surface area contributed by atoms with E-state index in [1.165, 1.54) is 204 Å². The van der Waals surface area contributed by atoms with E-state index >= 15 is 0 Å². The van der Waals surface area contributed by atoms with E-state index in [-0.39, 0.29) is 47.5 Å². The second-order valence-corrected chi connectivity index (χ2v) is 24.0. The van der Waals surface area contributed by atoms with Gasteiger partial charge in [0.25, 0.3) is 0 Å². The van der Waals surface area contributed by atoms with Crippen molar-refractivity contribution in [3.63, 3.8) is 0 Å². The molecule has 0 aromatic heterocycles. The van der Waals surface area contributed by atoms with Crippen LogP contribution in [0.1, 0.15) is 281 Å². The number of fused-ring (bicyclic) bond motifs is 2. The SMILES string of the molecule is CCCCCCCCCCCc1ccc(S(=O)(=O)[O-])c2c(CCCCCCCCCCC)cccc12.CCCCCCCCCCCc1ccc(S(=O)(=O)[O-])c2c(CCCCCCCCCCC)cccc12.[Ca+2]. The van der Waals surface area contributed by atoms with Gasteiger partial charge in [-0.1, -0.05) is 282 Å². The number of hydrogen-bond donors (Lipinski definition) is 0. The van der Waals surface area contributed by atoms with Crippen molar-refractivity contribution in [3.05, 3.63) is 82.9 Å². The van der Waals surface area contributed by atoms with Crippen LogP contribution >= 0.6 is 0 Å². The molecule has 0 saturated heterocycles. The fourth-order valence-electron chi connectivity index (χ4n) is 10.8. The quantitative estimate of drug-likeness (QED) is 0.0248. The summed E-state index contributed by atoms with van der Waals surface area (Å²) in [6.45, 7) is 9.00. The Labute approximate surface area is 478 Å². The van der Waals surface area contributed by atoms with E-state index in [0.717, 1.165) is 86.1 Å². The van der Waals surface area contributed by atoms with Gasteiger partial charge in [-0.3, -0.25) is 0 Å². The maximum Gasteiger partial charge on any atom is 2.00 e. The molecule has 0 atom stereocenters. The van der Waals surface area contributed by atoms with Crippen LogP contribution in [0.15, 0.2) is 70.5 Å². The number of benzene rings is 4. The molecule has 408 valence electrons. The summed E-state index contributed by atoms with van der Waals surface area (Å²) in [4.78, 5) is -0.0836. The van der Waals surface area contributed by atoms with E-state index in [1.807, 2.05) is 48.5 Å². The van der Waals surface area contributed by atoms with Crippen molar-refractivity contribution in [1.29, 1.82) is 0 Å². The van der Waals surface area contributed by atoms with Crippen molar-refractivity contribution >= 4 is 79.5 Å². The van der Waals surface area contributed by atoms with E-state index in [1.54, 1.807) is 12.1 Å². The molecule has 0 radical (unpaired) electrons. The molecule has 9 heteroatoms. The van der Waals surface area contributed by atoms with Crippen molar-refractivity contribution in [2.75, 3.05) is 0 Å². The first kappa shape index (κ1) is 67.6. The topological polar surface area (TPSA) is 114 Å². The number of aryl methyl sites for hydroxylation is 4. The summed E-state index contributed by atoms with van der Waals surface area (Å²) in [5.41, 5.74) is 4.38. The van der Waals surface area contributed by atoms with Gasteiger partial charge >= 0.3 is 37.7 Å². The van der Waals surface area contributed by atoms with Gasteiger partial charge in [-0.2, -0.15) is 0 Å². The molecular formula is C64H102CaO6S2. The molecule has 0 bridgehead atoms. The minimum absolute atomic E-state index is 0. The van der Waals surface area contributed by atoms with Crippen molar-refractivity contribution in [2.45, 2.75) is 294 Å². The third-order valence-corrected chi connectivity index (χ3v) is 16.9. The number of hydrogen-bond acceptors (Lipinski definition) is 6. The van der Waals surface area contributed by atoms with Gasteiger partial charge < -0.3 is 9.11 Å². The van der Waals surface area contributed by atoms with Crippen LogP contribution in [0.25, 0.3) is 21.5 Å².